The number of carbonyl (C=O) groups is 2. The second-order valence-corrected chi connectivity index (χ2v) is 9.39. The average molecular weight is 500 g/mol. The third kappa shape index (κ3) is 4.83. The molecule has 4 rings (SSSR count). The smallest absolute Gasteiger partial charge is 0.267 e. The minimum Gasteiger partial charge on any atom is -0.457 e. The molecule has 0 radical (unpaired) electrons. The van der Waals surface area contributed by atoms with Crippen LogP contribution in [-0.2, 0) is 17.6 Å². The van der Waals surface area contributed by atoms with E-state index in [1.807, 2.05) is 6.07 Å². The number of aryl methyl sites for hydroxylation is 1. The van der Waals surface area contributed by atoms with Crippen LogP contribution in [0.1, 0.15) is 39.4 Å². The third-order valence-corrected chi connectivity index (χ3v) is 7.10. The van der Waals surface area contributed by atoms with Gasteiger partial charge in [-0.1, -0.05) is 23.2 Å². The van der Waals surface area contributed by atoms with Crippen molar-refractivity contribution in [2.75, 3.05) is 12.4 Å². The van der Waals surface area contributed by atoms with Gasteiger partial charge in [0.25, 0.3) is 11.8 Å². The highest BCUT2D eigenvalue weighted by atomic mass is 35.5. The van der Waals surface area contributed by atoms with Crippen molar-refractivity contribution in [3.05, 3.63) is 67.7 Å². The molecule has 3 aromatic rings. The van der Waals surface area contributed by atoms with Gasteiger partial charge in [-0.25, -0.2) is 0 Å². The number of halogens is 2. The van der Waals surface area contributed by atoms with Crippen LogP contribution >= 0.6 is 34.5 Å². The number of thiophene rings is 1. The minimum absolute atomic E-state index is 0.151. The van der Waals surface area contributed by atoms with Gasteiger partial charge >= 0.3 is 0 Å². The highest BCUT2D eigenvalue weighted by Gasteiger charge is 2.26. The van der Waals surface area contributed by atoms with Crippen LogP contribution in [0.25, 0.3) is 17.4 Å². The van der Waals surface area contributed by atoms with Gasteiger partial charge in [-0.05, 0) is 61.6 Å². The Morgan fingerprint density at radius 2 is 1.97 bits per heavy atom. The lowest BCUT2D eigenvalue weighted by molar-refractivity contribution is -0.112. The molecule has 33 heavy (non-hydrogen) atoms. The minimum atomic E-state index is -0.611. The Morgan fingerprint density at radius 3 is 2.73 bits per heavy atom. The lowest BCUT2D eigenvalue weighted by Gasteiger charge is -2.12. The predicted molar refractivity (Wildman–Crippen MR) is 131 cm³/mol. The van der Waals surface area contributed by atoms with Crippen LogP contribution in [0, 0.1) is 11.3 Å². The molecule has 2 heterocycles. The average Bonchev–Trinajstić information content (AvgIpc) is 3.42. The van der Waals surface area contributed by atoms with E-state index in [0.29, 0.717) is 37.7 Å². The van der Waals surface area contributed by atoms with Crippen molar-refractivity contribution in [1.82, 2.24) is 5.32 Å². The van der Waals surface area contributed by atoms with Crippen LogP contribution in [0.15, 0.2) is 40.3 Å². The first-order chi connectivity index (χ1) is 15.9. The molecule has 0 atom stereocenters. The first-order valence-corrected chi connectivity index (χ1v) is 11.8. The van der Waals surface area contributed by atoms with Crippen LogP contribution in [0.4, 0.5) is 5.00 Å². The number of benzene rings is 1. The predicted octanol–water partition coefficient (Wildman–Crippen LogP) is 6.10. The van der Waals surface area contributed by atoms with E-state index < -0.39 is 5.91 Å². The van der Waals surface area contributed by atoms with Crippen molar-refractivity contribution in [2.24, 2.45) is 0 Å². The number of hydrogen-bond acceptors (Lipinski definition) is 5. The van der Waals surface area contributed by atoms with E-state index in [0.717, 1.165) is 36.1 Å². The zero-order chi connectivity index (χ0) is 23.5. The fourth-order valence-electron chi connectivity index (χ4n) is 3.74. The largest absolute Gasteiger partial charge is 0.457 e. The molecule has 0 saturated carbocycles. The van der Waals surface area contributed by atoms with Gasteiger partial charge in [-0.3, -0.25) is 9.59 Å². The first kappa shape index (κ1) is 23.1. The molecule has 0 bridgehead atoms. The summed E-state index contributed by atoms with van der Waals surface area (Å²) in [5.74, 6) is -0.0923. The van der Waals surface area contributed by atoms with Gasteiger partial charge < -0.3 is 15.1 Å². The van der Waals surface area contributed by atoms with E-state index >= 15 is 0 Å². The molecule has 0 fully saturated rings. The summed E-state index contributed by atoms with van der Waals surface area (Å²) in [5, 5.41) is 16.4. The van der Waals surface area contributed by atoms with Gasteiger partial charge in [0.2, 0.25) is 0 Å². The van der Waals surface area contributed by atoms with Gasteiger partial charge in [0.05, 0.1) is 10.6 Å². The number of fused-ring (bicyclic) bond motifs is 1. The zero-order valence-electron chi connectivity index (χ0n) is 17.6. The summed E-state index contributed by atoms with van der Waals surface area (Å²) in [6, 6.07) is 10.2. The number of nitrogens with one attached hydrogen (secondary N) is 2. The third-order valence-electron chi connectivity index (χ3n) is 5.32. The van der Waals surface area contributed by atoms with Crippen LogP contribution in [0.5, 0.6) is 0 Å². The molecule has 1 aliphatic carbocycles. The number of furan rings is 1. The van der Waals surface area contributed by atoms with E-state index in [4.69, 9.17) is 27.6 Å². The Kier molecular flexibility index (Phi) is 6.89. The zero-order valence-corrected chi connectivity index (χ0v) is 20.0. The Labute approximate surface area is 204 Å². The lowest BCUT2D eigenvalue weighted by Crippen LogP contribution is -2.22. The Bertz CT molecular complexity index is 1320. The standard InChI is InChI=1S/C24H19Cl2N3O3S/c1-28-23(31)21-16-4-2-3-5-20(16)33-24(21)29-22(30)13(12-27)10-15-7-9-19(32-15)17-11-14(25)6-8-18(17)26/h6-11H,2-5H2,1H3,(H,28,31)(H,29,30). The van der Waals surface area contributed by atoms with Crippen molar-refractivity contribution >= 4 is 57.4 Å². The molecule has 2 N–H and O–H groups in total. The molecule has 1 aromatic carbocycles. The molecule has 6 nitrogen and oxygen atoms in total. The molecule has 0 unspecified atom stereocenters. The van der Waals surface area contributed by atoms with Crippen LogP contribution in [-0.4, -0.2) is 18.9 Å². The Hall–Kier alpha value is -3.05. The SMILES string of the molecule is CNC(=O)c1c(NC(=O)C(C#N)=Cc2ccc(-c3cc(Cl)ccc3Cl)o2)sc2c1CCCC2. The molecule has 1 aliphatic rings. The van der Waals surface area contributed by atoms with E-state index in [9.17, 15) is 14.9 Å². The fourth-order valence-corrected chi connectivity index (χ4v) is 5.41. The maximum Gasteiger partial charge on any atom is 0.267 e. The summed E-state index contributed by atoms with van der Waals surface area (Å²) < 4.78 is 5.77. The van der Waals surface area contributed by atoms with Gasteiger partial charge in [-0.15, -0.1) is 11.3 Å². The lowest BCUT2D eigenvalue weighted by atomic mass is 9.95. The Balaban J connectivity index is 1.61. The highest BCUT2D eigenvalue weighted by molar-refractivity contribution is 7.17. The molecular formula is C24H19Cl2N3O3S. The first-order valence-electron chi connectivity index (χ1n) is 10.3. The normalized spacial score (nSPS) is 13.2. The number of hydrogen-bond donors (Lipinski definition) is 2. The molecule has 2 aromatic heterocycles. The van der Waals surface area contributed by atoms with Crippen molar-refractivity contribution < 1.29 is 14.0 Å². The van der Waals surface area contributed by atoms with Gasteiger partial charge in [-0.2, -0.15) is 5.26 Å². The van der Waals surface area contributed by atoms with E-state index in [1.165, 1.54) is 17.4 Å². The van der Waals surface area contributed by atoms with E-state index in [1.54, 1.807) is 37.4 Å². The molecule has 168 valence electrons. The highest BCUT2D eigenvalue weighted by Crippen LogP contribution is 2.38. The van der Waals surface area contributed by atoms with Crippen molar-refractivity contribution in [3.63, 3.8) is 0 Å². The fraction of sp³-hybridized carbons (Fsp3) is 0.208. The van der Waals surface area contributed by atoms with Crippen molar-refractivity contribution in [3.8, 4) is 17.4 Å². The molecular weight excluding hydrogens is 481 g/mol. The molecule has 0 saturated heterocycles. The molecule has 2 amide bonds. The summed E-state index contributed by atoms with van der Waals surface area (Å²) in [7, 11) is 1.56. The number of rotatable bonds is 5. The summed E-state index contributed by atoms with van der Waals surface area (Å²) >= 11 is 13.7. The van der Waals surface area contributed by atoms with Crippen LogP contribution in [0.3, 0.4) is 0 Å². The maximum atomic E-state index is 12.9. The van der Waals surface area contributed by atoms with E-state index in [-0.39, 0.29) is 11.5 Å². The summed E-state index contributed by atoms with van der Waals surface area (Å²) in [4.78, 5) is 26.5. The monoisotopic (exact) mass is 499 g/mol. The summed E-state index contributed by atoms with van der Waals surface area (Å²) in [6.45, 7) is 0. The summed E-state index contributed by atoms with van der Waals surface area (Å²) in [5.41, 5.74) is 1.92. The topological polar surface area (TPSA) is 95.1 Å². The summed E-state index contributed by atoms with van der Waals surface area (Å²) in [6.07, 6.45) is 5.08. The molecule has 0 aliphatic heterocycles. The number of nitriles is 1. The van der Waals surface area contributed by atoms with Gasteiger partial charge in [0.1, 0.15) is 28.2 Å². The van der Waals surface area contributed by atoms with Crippen molar-refractivity contribution in [2.45, 2.75) is 25.7 Å². The number of carbonyl (C=O) groups excluding carboxylic acids is 2. The number of amides is 2. The molecule has 0 spiro atoms. The molecule has 9 heteroatoms. The van der Waals surface area contributed by atoms with Crippen LogP contribution in [0.2, 0.25) is 10.0 Å². The number of nitrogens with zero attached hydrogens (tertiary/aromatic N) is 1. The van der Waals surface area contributed by atoms with Crippen LogP contribution < -0.4 is 10.6 Å². The second-order valence-electron chi connectivity index (χ2n) is 7.44. The van der Waals surface area contributed by atoms with E-state index in [2.05, 4.69) is 10.6 Å². The van der Waals surface area contributed by atoms with Gasteiger partial charge in [0.15, 0.2) is 0 Å². The number of anilines is 1. The Morgan fingerprint density at radius 1 is 1.18 bits per heavy atom. The quantitative estimate of drug-likeness (QED) is 0.327. The maximum absolute atomic E-state index is 12.9. The van der Waals surface area contributed by atoms with Gasteiger partial charge in [0, 0.05) is 28.6 Å². The second kappa shape index (κ2) is 9.84. The van der Waals surface area contributed by atoms with Crippen molar-refractivity contribution in [1.29, 1.82) is 5.26 Å².